The van der Waals surface area contributed by atoms with Crippen LogP contribution in [-0.2, 0) is 4.74 Å². The lowest BCUT2D eigenvalue weighted by Crippen LogP contribution is -2.53. The number of hydrogen-bond acceptors (Lipinski definition) is 2. The van der Waals surface area contributed by atoms with Crippen molar-refractivity contribution in [2.75, 3.05) is 13.2 Å². The number of hydrogen-bond donors (Lipinski definition) is 1. The molecule has 2 heteroatoms. The van der Waals surface area contributed by atoms with Crippen LogP contribution in [0, 0.1) is 5.92 Å². The molecule has 1 saturated heterocycles. The van der Waals surface area contributed by atoms with Gasteiger partial charge in [0.1, 0.15) is 5.72 Å². The van der Waals surface area contributed by atoms with E-state index >= 15 is 0 Å². The summed E-state index contributed by atoms with van der Waals surface area (Å²) in [6.07, 6.45) is 7.68. The lowest BCUT2D eigenvalue weighted by molar-refractivity contribution is -0.122. The Morgan fingerprint density at radius 3 is 2.69 bits per heavy atom. The first-order valence-electron chi connectivity index (χ1n) is 5.74. The van der Waals surface area contributed by atoms with Crippen molar-refractivity contribution in [3.8, 4) is 0 Å². The SMILES string of the molecule is CCC1CCC2(CC1)NCCCO2. The summed E-state index contributed by atoms with van der Waals surface area (Å²) in [5.74, 6) is 0.956. The van der Waals surface area contributed by atoms with Gasteiger partial charge in [0.05, 0.1) is 6.61 Å². The normalized spacial score (nSPS) is 40.8. The van der Waals surface area contributed by atoms with Crippen molar-refractivity contribution in [2.24, 2.45) is 5.92 Å². The largest absolute Gasteiger partial charge is 0.361 e. The summed E-state index contributed by atoms with van der Waals surface area (Å²) in [4.78, 5) is 0. The van der Waals surface area contributed by atoms with Crippen LogP contribution in [0.5, 0.6) is 0 Å². The predicted molar refractivity (Wildman–Crippen MR) is 53.6 cm³/mol. The molecule has 1 heterocycles. The third-order valence-corrected chi connectivity index (χ3v) is 3.64. The molecule has 1 aliphatic carbocycles. The van der Waals surface area contributed by atoms with Gasteiger partial charge < -0.3 is 4.74 Å². The van der Waals surface area contributed by atoms with Crippen LogP contribution in [0.2, 0.25) is 0 Å². The van der Waals surface area contributed by atoms with Gasteiger partial charge in [0.15, 0.2) is 0 Å². The summed E-state index contributed by atoms with van der Waals surface area (Å²) < 4.78 is 5.89. The van der Waals surface area contributed by atoms with Crippen molar-refractivity contribution in [2.45, 2.75) is 51.2 Å². The van der Waals surface area contributed by atoms with Crippen LogP contribution in [0.4, 0.5) is 0 Å². The second-order valence-electron chi connectivity index (χ2n) is 4.47. The Balaban J connectivity index is 1.87. The second kappa shape index (κ2) is 3.97. The van der Waals surface area contributed by atoms with E-state index < -0.39 is 0 Å². The van der Waals surface area contributed by atoms with E-state index in [2.05, 4.69) is 12.2 Å². The minimum absolute atomic E-state index is 0.0872. The van der Waals surface area contributed by atoms with Crippen LogP contribution < -0.4 is 5.32 Å². The summed E-state index contributed by atoms with van der Waals surface area (Å²) in [6, 6.07) is 0. The molecule has 1 N–H and O–H groups in total. The molecule has 2 aliphatic rings. The van der Waals surface area contributed by atoms with Gasteiger partial charge in [-0.05, 0) is 44.6 Å². The van der Waals surface area contributed by atoms with Gasteiger partial charge in [-0.2, -0.15) is 0 Å². The van der Waals surface area contributed by atoms with Crippen LogP contribution in [0.25, 0.3) is 0 Å². The second-order valence-corrected chi connectivity index (χ2v) is 4.47. The Morgan fingerprint density at radius 2 is 2.15 bits per heavy atom. The molecule has 1 spiro atoms. The summed E-state index contributed by atoms with van der Waals surface area (Å²) in [7, 11) is 0. The molecule has 1 aliphatic heterocycles. The van der Waals surface area contributed by atoms with Gasteiger partial charge >= 0.3 is 0 Å². The Labute approximate surface area is 81.0 Å². The van der Waals surface area contributed by atoms with Gasteiger partial charge in [-0.1, -0.05) is 13.3 Å². The van der Waals surface area contributed by atoms with E-state index in [-0.39, 0.29) is 5.72 Å². The third-order valence-electron chi connectivity index (χ3n) is 3.64. The average molecular weight is 183 g/mol. The molecule has 0 aromatic carbocycles. The monoisotopic (exact) mass is 183 g/mol. The van der Waals surface area contributed by atoms with Crippen LogP contribution >= 0.6 is 0 Å². The van der Waals surface area contributed by atoms with Crippen molar-refractivity contribution in [3.63, 3.8) is 0 Å². The van der Waals surface area contributed by atoms with Crippen molar-refractivity contribution in [3.05, 3.63) is 0 Å². The molecule has 1 saturated carbocycles. The zero-order chi connectivity index (χ0) is 9.15. The van der Waals surface area contributed by atoms with E-state index in [0.717, 1.165) is 19.1 Å². The highest BCUT2D eigenvalue weighted by Gasteiger charge is 2.36. The van der Waals surface area contributed by atoms with E-state index in [9.17, 15) is 0 Å². The smallest absolute Gasteiger partial charge is 0.119 e. The Morgan fingerprint density at radius 1 is 1.38 bits per heavy atom. The standard InChI is InChI=1S/C11H21NO/c1-2-10-4-6-11(7-5-10)12-8-3-9-13-11/h10,12H,2-9H2,1H3. The first-order valence-corrected chi connectivity index (χ1v) is 5.74. The molecule has 0 bridgehead atoms. The molecule has 13 heavy (non-hydrogen) atoms. The van der Waals surface area contributed by atoms with E-state index in [0.29, 0.717) is 0 Å². The van der Waals surface area contributed by atoms with Crippen LogP contribution in [0.1, 0.15) is 45.4 Å². The van der Waals surface area contributed by atoms with Gasteiger partial charge in [-0.3, -0.25) is 5.32 Å². The average Bonchev–Trinajstić information content (AvgIpc) is 2.20. The van der Waals surface area contributed by atoms with Crippen molar-refractivity contribution < 1.29 is 4.74 Å². The number of nitrogens with one attached hydrogen (secondary N) is 1. The molecule has 0 radical (unpaired) electrons. The first kappa shape index (κ1) is 9.47. The van der Waals surface area contributed by atoms with Gasteiger partial charge in [-0.15, -0.1) is 0 Å². The molecule has 2 rings (SSSR count). The molecule has 0 unspecified atom stereocenters. The van der Waals surface area contributed by atoms with E-state index in [1.807, 2.05) is 0 Å². The summed E-state index contributed by atoms with van der Waals surface area (Å²) in [6.45, 7) is 4.42. The first-order chi connectivity index (χ1) is 6.35. The lowest BCUT2D eigenvalue weighted by Gasteiger charge is -2.43. The summed E-state index contributed by atoms with van der Waals surface area (Å²) in [5, 5.41) is 3.56. The molecule has 0 aromatic rings. The van der Waals surface area contributed by atoms with Crippen molar-refractivity contribution in [1.82, 2.24) is 5.32 Å². The Hall–Kier alpha value is -0.0800. The van der Waals surface area contributed by atoms with Crippen LogP contribution in [0.15, 0.2) is 0 Å². The molecule has 2 nitrogen and oxygen atoms in total. The van der Waals surface area contributed by atoms with E-state index in [1.54, 1.807) is 0 Å². The van der Waals surface area contributed by atoms with Crippen molar-refractivity contribution >= 4 is 0 Å². The highest BCUT2D eigenvalue weighted by atomic mass is 16.5. The van der Waals surface area contributed by atoms with E-state index in [4.69, 9.17) is 4.74 Å². The Kier molecular flexibility index (Phi) is 2.89. The fourth-order valence-electron chi connectivity index (χ4n) is 2.58. The van der Waals surface area contributed by atoms with Gasteiger partial charge in [-0.25, -0.2) is 0 Å². The fourth-order valence-corrected chi connectivity index (χ4v) is 2.58. The minimum atomic E-state index is 0.0872. The molecule has 0 atom stereocenters. The topological polar surface area (TPSA) is 21.3 Å². The molecule has 0 amide bonds. The number of rotatable bonds is 1. The maximum atomic E-state index is 5.89. The zero-order valence-electron chi connectivity index (χ0n) is 8.64. The predicted octanol–water partition coefficient (Wildman–Crippen LogP) is 2.29. The van der Waals surface area contributed by atoms with Gasteiger partial charge in [0.25, 0.3) is 0 Å². The maximum Gasteiger partial charge on any atom is 0.119 e. The highest BCUT2D eigenvalue weighted by Crippen LogP contribution is 2.35. The zero-order valence-corrected chi connectivity index (χ0v) is 8.64. The van der Waals surface area contributed by atoms with Crippen LogP contribution in [0.3, 0.4) is 0 Å². The third kappa shape index (κ3) is 2.05. The summed E-state index contributed by atoms with van der Waals surface area (Å²) in [5.41, 5.74) is 0.0872. The van der Waals surface area contributed by atoms with Gasteiger partial charge in [0, 0.05) is 0 Å². The molecule has 2 fully saturated rings. The quantitative estimate of drug-likeness (QED) is 0.673. The molecule has 76 valence electrons. The van der Waals surface area contributed by atoms with Crippen LogP contribution in [-0.4, -0.2) is 18.9 Å². The fraction of sp³-hybridized carbons (Fsp3) is 1.00. The molecular formula is C11H21NO. The summed E-state index contributed by atoms with van der Waals surface area (Å²) >= 11 is 0. The highest BCUT2D eigenvalue weighted by molar-refractivity contribution is 4.86. The Bertz CT molecular complexity index is 153. The molecule has 0 aromatic heterocycles. The van der Waals surface area contributed by atoms with Gasteiger partial charge in [0.2, 0.25) is 0 Å². The maximum absolute atomic E-state index is 5.89. The van der Waals surface area contributed by atoms with Crippen molar-refractivity contribution in [1.29, 1.82) is 0 Å². The number of ether oxygens (including phenoxy) is 1. The van der Waals surface area contributed by atoms with E-state index in [1.165, 1.54) is 38.5 Å². The lowest BCUT2D eigenvalue weighted by atomic mass is 9.81. The molecular weight excluding hydrogens is 162 g/mol. The minimum Gasteiger partial charge on any atom is -0.361 e.